The number of hydrogen-bond donors (Lipinski definition) is 7. The highest BCUT2D eigenvalue weighted by atomic mass is 35.5. The molecule has 15 heteroatoms. The molecule has 0 bridgehead atoms. The van der Waals surface area contributed by atoms with E-state index in [-0.39, 0.29) is 54.9 Å². The third-order valence-electron chi connectivity index (χ3n) is 7.77. The summed E-state index contributed by atoms with van der Waals surface area (Å²) in [5.41, 5.74) is 0.473. The molecular formula is C38H66ClN3O10S. The molecule has 0 saturated carbocycles. The number of aldehydes is 1. The van der Waals surface area contributed by atoms with Crippen LogP contribution in [0.15, 0.2) is 35.9 Å². The Balaban J connectivity index is -0.00000105. The van der Waals surface area contributed by atoms with Crippen LogP contribution < -0.4 is 10.2 Å². The third-order valence-corrected chi connectivity index (χ3v) is 8.38. The fourth-order valence-corrected chi connectivity index (χ4v) is 5.03. The van der Waals surface area contributed by atoms with Gasteiger partial charge in [-0.15, -0.1) is 0 Å². The zero-order valence-electron chi connectivity index (χ0n) is 32.3. The van der Waals surface area contributed by atoms with Gasteiger partial charge in [-0.2, -0.15) is 12.6 Å². The summed E-state index contributed by atoms with van der Waals surface area (Å²) in [6, 6.07) is 2.96. The minimum Gasteiger partial charge on any atom is -0.506 e. The highest BCUT2D eigenvalue weighted by Gasteiger charge is 2.45. The molecule has 2 rings (SSSR count). The number of aromatic hydroxyl groups is 1. The van der Waals surface area contributed by atoms with Gasteiger partial charge in [0.05, 0.1) is 36.3 Å². The topological polar surface area (TPSA) is 200 Å². The summed E-state index contributed by atoms with van der Waals surface area (Å²) in [6.07, 6.45) is 5.26. The van der Waals surface area contributed by atoms with Gasteiger partial charge in [-0.05, 0) is 50.6 Å². The summed E-state index contributed by atoms with van der Waals surface area (Å²) < 4.78 is 5.31. The number of ketones is 1. The first-order chi connectivity index (χ1) is 24.3. The number of phenolic OH excluding ortho intramolecular Hbond substituents is 1. The fraction of sp³-hybridized carbons (Fsp3) is 0.632. The average Bonchev–Trinajstić information content (AvgIpc) is 3.82. The van der Waals surface area contributed by atoms with E-state index in [1.807, 2.05) is 38.9 Å². The second kappa shape index (κ2) is 28.5. The van der Waals surface area contributed by atoms with Crippen molar-refractivity contribution >= 4 is 53.8 Å². The number of anilines is 1. The minimum atomic E-state index is -2.01. The molecular weight excluding hydrogens is 726 g/mol. The van der Waals surface area contributed by atoms with Gasteiger partial charge >= 0.3 is 0 Å². The number of benzene rings is 1. The summed E-state index contributed by atoms with van der Waals surface area (Å²) in [5.74, 6) is -0.869. The highest BCUT2D eigenvalue weighted by Crippen LogP contribution is 2.35. The maximum Gasteiger partial charge on any atom is 0.227 e. The Bertz CT molecular complexity index is 1310. The van der Waals surface area contributed by atoms with E-state index < -0.39 is 36.3 Å². The number of epoxide rings is 1. The molecule has 0 radical (unpaired) electrons. The third kappa shape index (κ3) is 19.8. The van der Waals surface area contributed by atoms with Crippen molar-refractivity contribution in [3.63, 3.8) is 0 Å². The molecule has 0 aliphatic carbocycles. The van der Waals surface area contributed by atoms with Crippen molar-refractivity contribution in [2.45, 2.75) is 111 Å². The lowest BCUT2D eigenvalue weighted by molar-refractivity contribution is -0.142. The number of likely N-dealkylation sites (N-methyl/N-ethyl adjacent to an activating group) is 1. The number of phenols is 1. The van der Waals surface area contributed by atoms with E-state index in [4.69, 9.17) is 21.4 Å². The van der Waals surface area contributed by atoms with Crippen LogP contribution in [0.3, 0.4) is 0 Å². The van der Waals surface area contributed by atoms with Crippen LogP contribution in [0.4, 0.5) is 5.69 Å². The van der Waals surface area contributed by atoms with Crippen LogP contribution in [0, 0.1) is 5.92 Å². The predicted molar refractivity (Wildman–Crippen MR) is 216 cm³/mol. The van der Waals surface area contributed by atoms with Gasteiger partial charge < -0.3 is 50.2 Å². The molecule has 1 heterocycles. The van der Waals surface area contributed by atoms with Crippen LogP contribution in [0.1, 0.15) is 80.2 Å². The molecule has 6 atom stereocenters. The quantitative estimate of drug-likeness (QED) is 0.0299. The molecule has 1 aromatic rings. The molecule has 1 aliphatic heterocycles. The second-order valence-electron chi connectivity index (χ2n) is 12.5. The van der Waals surface area contributed by atoms with E-state index in [1.54, 1.807) is 39.1 Å². The number of hydrogen-bond acceptors (Lipinski definition) is 12. The summed E-state index contributed by atoms with van der Waals surface area (Å²) in [5, 5.41) is 50.5. The lowest BCUT2D eigenvalue weighted by Gasteiger charge is -2.32. The Labute approximate surface area is 327 Å². The van der Waals surface area contributed by atoms with Crippen LogP contribution in [0.25, 0.3) is 0 Å². The number of nitrogens with one attached hydrogen (secondary N) is 1. The van der Waals surface area contributed by atoms with Gasteiger partial charge in [0.2, 0.25) is 11.8 Å². The number of halogens is 1. The minimum absolute atomic E-state index is 0. The lowest BCUT2D eigenvalue weighted by Crippen LogP contribution is -2.58. The monoisotopic (exact) mass is 791 g/mol. The number of amides is 2. The molecule has 2 amide bonds. The first-order valence-electron chi connectivity index (χ1n) is 17.1. The van der Waals surface area contributed by atoms with E-state index >= 15 is 0 Å². The number of carbonyl (C=O) groups excluding carboxylic acids is 4. The van der Waals surface area contributed by atoms with E-state index in [2.05, 4.69) is 31.8 Å². The van der Waals surface area contributed by atoms with Gasteiger partial charge in [-0.25, -0.2) is 0 Å². The van der Waals surface area contributed by atoms with Crippen molar-refractivity contribution in [1.29, 1.82) is 0 Å². The van der Waals surface area contributed by atoms with Crippen molar-refractivity contribution in [1.82, 2.24) is 10.2 Å². The molecule has 1 aromatic carbocycles. The van der Waals surface area contributed by atoms with Gasteiger partial charge in [0.1, 0.15) is 23.2 Å². The second-order valence-corrected chi connectivity index (χ2v) is 13.4. The first-order valence-corrected chi connectivity index (χ1v) is 18.1. The molecule has 1 aliphatic rings. The summed E-state index contributed by atoms with van der Waals surface area (Å²) >= 11 is 10.1. The molecule has 6 unspecified atom stereocenters. The number of Topliss-reactive ketones (excluding diaryl/α,β-unsaturated/α-hetero) is 1. The summed E-state index contributed by atoms with van der Waals surface area (Å²) in [4.78, 5) is 48.3. The molecule has 0 spiro atoms. The standard InChI is InChI=1S/C24H35ClN2O6.C9H15NO3S.C3H8.CH4O.CH4/c1-14(11-17-12-18(27(4)5)21(25)19(29)13-17)7-6-8-20(30)24(32,9-10-28)26-23(31)15(2)22-16(3)33-22;1-7(8(12)3-5-11)10(2)9(13)4-6-14;1-3-2;1-2;/h6-8,12-13,15-16,20,22,28-30,32H,9-11H2,1-5H3,(H,26,31);5,7,14H,3-4,6H2,1-2H3;3H2,1-2H3;2H,1H3;1H4/b8-6+,14-7+;;;;. The van der Waals surface area contributed by atoms with Crippen LogP contribution in [0.2, 0.25) is 5.02 Å². The zero-order chi connectivity index (χ0) is 40.8. The van der Waals surface area contributed by atoms with Crippen LogP contribution in [0.5, 0.6) is 5.75 Å². The highest BCUT2D eigenvalue weighted by molar-refractivity contribution is 7.80. The first kappa shape index (κ1) is 54.4. The van der Waals surface area contributed by atoms with Crippen molar-refractivity contribution in [2.75, 3.05) is 45.5 Å². The van der Waals surface area contributed by atoms with Crippen molar-refractivity contribution in [3.8, 4) is 5.75 Å². The Hall–Kier alpha value is -2.98. The fourth-order valence-electron chi connectivity index (χ4n) is 4.56. The van der Waals surface area contributed by atoms with Crippen LogP contribution in [-0.4, -0.2) is 125 Å². The van der Waals surface area contributed by atoms with Gasteiger partial charge in [-0.3, -0.25) is 14.4 Å². The van der Waals surface area contributed by atoms with E-state index in [0.29, 0.717) is 30.6 Å². The number of aliphatic hydroxyl groups excluding tert-OH is 3. The Morgan fingerprint density at radius 1 is 1.15 bits per heavy atom. The van der Waals surface area contributed by atoms with Gasteiger partial charge in [0, 0.05) is 47.7 Å². The molecule has 306 valence electrons. The maximum absolute atomic E-state index is 12.5. The molecule has 53 heavy (non-hydrogen) atoms. The number of nitrogens with zero attached hydrogens (tertiary/aromatic N) is 2. The SMILES string of the molecule is C.C/C(=C\C=C\C(O)C(O)(CCO)NC(=O)C(C)C1OC1C)Cc1cc(O)c(Cl)c(N(C)C)c1.CC(C(=O)CC=O)N(C)C(=O)CCS.CCC.CO. The largest absolute Gasteiger partial charge is 0.506 e. The van der Waals surface area contributed by atoms with Crippen molar-refractivity contribution < 1.29 is 49.4 Å². The Morgan fingerprint density at radius 2 is 1.70 bits per heavy atom. The smallest absolute Gasteiger partial charge is 0.227 e. The van der Waals surface area contributed by atoms with E-state index in [1.165, 1.54) is 17.4 Å². The van der Waals surface area contributed by atoms with Gasteiger partial charge in [0.15, 0.2) is 11.5 Å². The normalized spacial score (nSPS) is 17.3. The zero-order valence-corrected chi connectivity index (χ0v) is 33.9. The lowest BCUT2D eigenvalue weighted by atomic mass is 9.98. The number of thiol groups is 1. The maximum atomic E-state index is 12.5. The van der Waals surface area contributed by atoms with Crippen LogP contribution >= 0.6 is 24.2 Å². The number of allylic oxidation sites excluding steroid dienone is 3. The number of aliphatic hydroxyl groups is 4. The Kier molecular flexibility index (Phi) is 29.2. The summed E-state index contributed by atoms with van der Waals surface area (Å²) in [6.45, 7) is 10.9. The average molecular weight is 792 g/mol. The molecule has 1 saturated heterocycles. The number of carbonyl (C=O) groups is 4. The Morgan fingerprint density at radius 3 is 2.15 bits per heavy atom. The molecule has 6 N–H and O–H groups in total. The van der Waals surface area contributed by atoms with Crippen molar-refractivity contribution in [2.24, 2.45) is 5.92 Å². The van der Waals surface area contributed by atoms with Gasteiger partial charge in [0.25, 0.3) is 0 Å². The summed E-state index contributed by atoms with van der Waals surface area (Å²) in [7, 11) is 6.23. The molecule has 13 nitrogen and oxygen atoms in total. The van der Waals surface area contributed by atoms with Gasteiger partial charge in [-0.1, -0.05) is 70.0 Å². The van der Waals surface area contributed by atoms with E-state index in [0.717, 1.165) is 18.2 Å². The van der Waals surface area contributed by atoms with E-state index in [9.17, 15) is 39.6 Å². The number of ether oxygens (including phenoxy) is 1. The molecule has 0 aromatic heterocycles. The van der Waals surface area contributed by atoms with Crippen LogP contribution in [-0.2, 0) is 30.3 Å². The van der Waals surface area contributed by atoms with Crippen molar-refractivity contribution in [3.05, 3.63) is 46.5 Å². The number of rotatable bonds is 17. The molecule has 1 fully saturated rings. The predicted octanol–water partition coefficient (Wildman–Crippen LogP) is 4.10.